The van der Waals surface area contributed by atoms with Gasteiger partial charge < -0.3 is 9.72 Å². The lowest BCUT2D eigenvalue weighted by Crippen LogP contribution is -2.20. The summed E-state index contributed by atoms with van der Waals surface area (Å²) in [5.74, 6) is -2.92. The number of rotatable bonds is 5. The molecule has 1 heterocycles. The average molecular weight is 436 g/mol. The minimum Gasteiger partial charge on any atom is -0.462 e. The van der Waals surface area contributed by atoms with E-state index in [9.17, 15) is 18.0 Å². The first-order valence-electron chi connectivity index (χ1n) is 8.97. The van der Waals surface area contributed by atoms with Gasteiger partial charge in [-0.1, -0.05) is 19.1 Å². The van der Waals surface area contributed by atoms with Crippen LogP contribution in [0.1, 0.15) is 29.8 Å². The van der Waals surface area contributed by atoms with Gasteiger partial charge >= 0.3 is 5.97 Å². The van der Waals surface area contributed by atoms with Crippen molar-refractivity contribution in [2.75, 3.05) is 6.61 Å². The molecule has 158 valence electrons. The number of aromatic amines is 1. The molecule has 0 atom stereocenters. The fourth-order valence-electron chi connectivity index (χ4n) is 3.23. The molecule has 3 N–H and O–H groups in total. The van der Waals surface area contributed by atoms with Crippen LogP contribution in [0, 0.1) is 11.6 Å². The van der Waals surface area contributed by atoms with Gasteiger partial charge in [0, 0.05) is 11.8 Å². The molecule has 7 nitrogen and oxygen atoms in total. The van der Waals surface area contributed by atoms with Crippen molar-refractivity contribution >= 4 is 26.9 Å². The highest BCUT2D eigenvalue weighted by Crippen LogP contribution is 2.34. The number of halogens is 2. The minimum atomic E-state index is -3.97. The van der Waals surface area contributed by atoms with E-state index in [1.807, 2.05) is 0 Å². The molecule has 10 heteroatoms. The summed E-state index contributed by atoms with van der Waals surface area (Å²) in [5, 5.41) is 4.77. The first-order chi connectivity index (χ1) is 14.1. The molecule has 0 aliphatic heterocycles. The monoisotopic (exact) mass is 436 g/mol. The van der Waals surface area contributed by atoms with Gasteiger partial charge in [0.1, 0.15) is 11.4 Å². The Kier molecular flexibility index (Phi) is 5.73. The van der Waals surface area contributed by atoms with Gasteiger partial charge in [-0.15, -0.1) is 0 Å². The van der Waals surface area contributed by atoms with Gasteiger partial charge in [0.15, 0.2) is 5.82 Å². The van der Waals surface area contributed by atoms with Crippen LogP contribution in [0.25, 0.3) is 22.0 Å². The van der Waals surface area contributed by atoms with E-state index < -0.39 is 38.6 Å². The van der Waals surface area contributed by atoms with Crippen molar-refractivity contribution in [3.05, 3.63) is 63.4 Å². The van der Waals surface area contributed by atoms with E-state index in [0.717, 1.165) is 18.3 Å². The molecule has 1 aromatic heterocycles. The lowest BCUT2D eigenvalue weighted by atomic mass is 9.95. The third kappa shape index (κ3) is 3.59. The summed E-state index contributed by atoms with van der Waals surface area (Å²) in [4.78, 5) is 27.1. The number of aromatic nitrogens is 1. The quantitative estimate of drug-likeness (QED) is 0.596. The van der Waals surface area contributed by atoms with Crippen LogP contribution in [-0.4, -0.2) is 26.0 Å². The number of esters is 1. The van der Waals surface area contributed by atoms with Crippen molar-refractivity contribution in [3.8, 4) is 11.1 Å². The number of hydrogen-bond acceptors (Lipinski definition) is 5. The van der Waals surface area contributed by atoms with Gasteiger partial charge in [-0.2, -0.15) is 0 Å². The molecule has 0 bridgehead atoms. The molecular formula is C20H18F2N2O5S. The van der Waals surface area contributed by atoms with Crippen molar-refractivity contribution in [2.45, 2.75) is 25.2 Å². The number of primary sulfonamides is 1. The molecule has 0 saturated heterocycles. The van der Waals surface area contributed by atoms with Crippen LogP contribution in [0.3, 0.4) is 0 Å². The maximum Gasteiger partial charge on any atom is 0.343 e. The topological polar surface area (TPSA) is 119 Å². The van der Waals surface area contributed by atoms with Crippen molar-refractivity contribution in [1.29, 1.82) is 0 Å². The van der Waals surface area contributed by atoms with Crippen LogP contribution in [-0.2, 0) is 21.2 Å². The van der Waals surface area contributed by atoms with E-state index in [0.29, 0.717) is 0 Å². The number of carbonyl (C=O) groups excluding carboxylic acids is 1. The normalized spacial score (nSPS) is 11.6. The van der Waals surface area contributed by atoms with Crippen molar-refractivity contribution in [2.24, 2.45) is 5.14 Å². The number of ether oxygens (including phenoxy) is 1. The van der Waals surface area contributed by atoms with Crippen molar-refractivity contribution in [3.63, 3.8) is 0 Å². The maximum atomic E-state index is 15.3. The van der Waals surface area contributed by atoms with Crippen molar-refractivity contribution < 1.29 is 26.7 Å². The zero-order chi connectivity index (χ0) is 22.2. The Morgan fingerprint density at radius 3 is 2.30 bits per heavy atom. The summed E-state index contributed by atoms with van der Waals surface area (Å²) in [5.41, 5.74) is -1.92. The summed E-state index contributed by atoms with van der Waals surface area (Å²) in [7, 11) is -3.97. The highest BCUT2D eigenvalue weighted by molar-refractivity contribution is 7.89. The van der Waals surface area contributed by atoms with Crippen LogP contribution < -0.4 is 10.6 Å². The van der Waals surface area contributed by atoms with E-state index in [1.54, 1.807) is 13.8 Å². The molecule has 2 aromatic carbocycles. The lowest BCUT2D eigenvalue weighted by Gasteiger charge is -2.14. The molecule has 0 fully saturated rings. The number of pyridine rings is 1. The Bertz CT molecular complexity index is 1320. The Balaban J connectivity index is 2.32. The highest BCUT2D eigenvalue weighted by atomic mass is 32.2. The van der Waals surface area contributed by atoms with E-state index in [2.05, 4.69) is 4.98 Å². The summed E-state index contributed by atoms with van der Waals surface area (Å²) < 4.78 is 58.2. The molecular weight excluding hydrogens is 418 g/mol. The Labute approximate surface area is 170 Å². The molecule has 0 aliphatic carbocycles. The van der Waals surface area contributed by atoms with E-state index in [-0.39, 0.29) is 45.5 Å². The second-order valence-electron chi connectivity index (χ2n) is 6.41. The molecule has 0 amide bonds. The van der Waals surface area contributed by atoms with E-state index in [1.165, 1.54) is 12.1 Å². The molecule has 3 aromatic rings. The van der Waals surface area contributed by atoms with Gasteiger partial charge in [0.25, 0.3) is 0 Å². The maximum absolute atomic E-state index is 15.3. The van der Waals surface area contributed by atoms with Crippen LogP contribution in [0.15, 0.2) is 40.2 Å². The number of hydrogen-bond donors (Lipinski definition) is 2. The smallest absolute Gasteiger partial charge is 0.343 e. The third-order valence-electron chi connectivity index (χ3n) is 4.63. The lowest BCUT2D eigenvalue weighted by molar-refractivity contribution is 0.0524. The van der Waals surface area contributed by atoms with Crippen LogP contribution in [0.5, 0.6) is 0 Å². The standard InChI is InChI=1S/C20H18F2N2O5S/c1-3-12-15-18(24-9-13(19(15)25)20(26)29-4-2)17(22)14(16(12)21)10-5-7-11(8-6-10)30(23,27)28/h5-9H,3-4H2,1-2H3,(H,24,25)(H2,23,27,28). The number of benzene rings is 2. The molecule has 0 spiro atoms. The van der Waals surface area contributed by atoms with Crippen LogP contribution in [0.2, 0.25) is 0 Å². The highest BCUT2D eigenvalue weighted by Gasteiger charge is 2.25. The molecule has 0 unspecified atom stereocenters. The second kappa shape index (κ2) is 7.96. The molecule has 0 aliphatic rings. The van der Waals surface area contributed by atoms with Gasteiger partial charge in [-0.05, 0) is 31.0 Å². The SMILES string of the molecule is CCOC(=O)c1c[nH]c2c(F)c(-c3ccc(S(N)(=O)=O)cc3)c(F)c(CC)c2c1=O. The number of carbonyl (C=O) groups is 1. The minimum absolute atomic E-state index is 0.0348. The zero-order valence-corrected chi connectivity index (χ0v) is 16.9. The number of H-pyrrole nitrogens is 1. The fraction of sp³-hybridized carbons (Fsp3) is 0.200. The van der Waals surface area contributed by atoms with Gasteiger partial charge in [0.05, 0.1) is 28.0 Å². The van der Waals surface area contributed by atoms with E-state index in [4.69, 9.17) is 9.88 Å². The third-order valence-corrected chi connectivity index (χ3v) is 5.56. The van der Waals surface area contributed by atoms with Crippen molar-refractivity contribution in [1.82, 2.24) is 4.98 Å². The molecule has 0 radical (unpaired) electrons. The summed E-state index contributed by atoms with van der Waals surface area (Å²) in [6.07, 6.45) is 1.07. The largest absolute Gasteiger partial charge is 0.462 e. The van der Waals surface area contributed by atoms with Gasteiger partial charge in [-0.25, -0.2) is 27.1 Å². The molecule has 30 heavy (non-hydrogen) atoms. The van der Waals surface area contributed by atoms with E-state index >= 15 is 8.78 Å². The first kappa shape index (κ1) is 21.6. The molecule has 0 saturated carbocycles. The number of sulfonamides is 1. The average Bonchev–Trinajstić information content (AvgIpc) is 2.69. The van der Waals surface area contributed by atoms with Gasteiger partial charge in [0.2, 0.25) is 15.5 Å². The predicted octanol–water partition coefficient (Wildman–Crippen LogP) is 2.86. The summed E-state index contributed by atoms with van der Waals surface area (Å²) in [6, 6.07) is 4.70. The zero-order valence-electron chi connectivity index (χ0n) is 16.1. The number of nitrogens with one attached hydrogen (secondary N) is 1. The Morgan fingerprint density at radius 2 is 1.77 bits per heavy atom. The number of fused-ring (bicyclic) bond motifs is 1. The second-order valence-corrected chi connectivity index (χ2v) is 7.97. The first-order valence-corrected chi connectivity index (χ1v) is 10.5. The fourth-order valence-corrected chi connectivity index (χ4v) is 3.75. The number of aryl methyl sites for hydroxylation is 1. The summed E-state index contributed by atoms with van der Waals surface area (Å²) >= 11 is 0. The summed E-state index contributed by atoms with van der Waals surface area (Å²) in [6.45, 7) is 3.19. The Morgan fingerprint density at radius 1 is 1.13 bits per heavy atom. The van der Waals surface area contributed by atoms with Crippen LogP contribution in [0.4, 0.5) is 8.78 Å². The van der Waals surface area contributed by atoms with Crippen LogP contribution >= 0.6 is 0 Å². The van der Waals surface area contributed by atoms with Gasteiger partial charge in [-0.3, -0.25) is 4.79 Å². The molecule has 3 rings (SSSR count). The Hall–Kier alpha value is -3.11. The number of nitrogens with two attached hydrogens (primary N) is 1. The predicted molar refractivity (Wildman–Crippen MR) is 107 cm³/mol.